The van der Waals surface area contributed by atoms with Crippen molar-refractivity contribution in [2.24, 2.45) is 0 Å². The van der Waals surface area contributed by atoms with Gasteiger partial charge in [0.15, 0.2) is 11.6 Å². The van der Waals surface area contributed by atoms with Crippen molar-refractivity contribution in [2.45, 2.75) is 0 Å². The Hall–Kier alpha value is -20.7. The van der Waals surface area contributed by atoms with E-state index in [1.807, 2.05) is 245 Å². The van der Waals surface area contributed by atoms with Gasteiger partial charge in [-0.25, -0.2) is 59.4 Å². The molecular weight excluding hydrogens is 1820 g/mol. The van der Waals surface area contributed by atoms with E-state index in [4.69, 9.17) is 54.8 Å². The summed E-state index contributed by atoms with van der Waals surface area (Å²) in [5.74, 6) is 6.37. The first kappa shape index (κ1) is 87.5. The molecule has 21 heteroatoms. The van der Waals surface area contributed by atoms with Gasteiger partial charge in [-0.1, -0.05) is 394 Å². The molecule has 0 aliphatic carbocycles. The summed E-state index contributed by atoms with van der Waals surface area (Å²) in [7, 11) is 0. The number of imidazole rings is 4. The predicted molar refractivity (Wildman–Crippen MR) is 595 cm³/mol. The van der Waals surface area contributed by atoms with Gasteiger partial charge in [0.2, 0.25) is 47.6 Å². The summed E-state index contributed by atoms with van der Waals surface area (Å²) in [6.07, 6.45) is 13.0. The highest BCUT2D eigenvalue weighted by Gasteiger charge is 2.29. The van der Waals surface area contributed by atoms with Gasteiger partial charge in [-0.05, 0) is 89.6 Å². The first-order valence-corrected chi connectivity index (χ1v) is 48.8. The second-order valence-electron chi connectivity index (χ2n) is 35.5. The molecule has 148 heavy (non-hydrogen) atoms. The van der Waals surface area contributed by atoms with Crippen LogP contribution >= 0.6 is 0 Å². The van der Waals surface area contributed by atoms with Crippen LogP contribution in [0.1, 0.15) is 0 Å². The van der Waals surface area contributed by atoms with Crippen molar-refractivity contribution >= 4 is 126 Å². The number of para-hydroxylation sites is 9. The molecule has 0 aliphatic rings. The van der Waals surface area contributed by atoms with Gasteiger partial charge in [0.05, 0.1) is 72.4 Å². The van der Waals surface area contributed by atoms with Gasteiger partial charge in [0.25, 0.3) is 0 Å². The van der Waals surface area contributed by atoms with E-state index >= 15 is 0 Å². The molecule has 0 saturated heterocycles. The summed E-state index contributed by atoms with van der Waals surface area (Å²) in [5, 5.41) is 12.6. The smallest absolute Gasteiger partial charge is 0.241 e. The summed E-state index contributed by atoms with van der Waals surface area (Å²) in [4.78, 5) is 66.6. The van der Waals surface area contributed by atoms with Crippen molar-refractivity contribution in [1.29, 1.82) is 0 Å². The van der Waals surface area contributed by atoms with Gasteiger partial charge in [0, 0.05) is 137 Å². The molecule has 29 aromatic rings. The van der Waals surface area contributed by atoms with Crippen LogP contribution in [-0.4, -0.2) is 96.8 Å². The molecule has 0 radical (unpaired) electrons. The Morgan fingerprint density at radius 1 is 0.196 bits per heavy atom. The van der Waals surface area contributed by atoms with Crippen LogP contribution in [0.25, 0.3) is 218 Å². The zero-order valence-corrected chi connectivity index (χ0v) is 79.5. The Morgan fingerprint density at radius 2 is 0.500 bits per heavy atom. The van der Waals surface area contributed by atoms with E-state index in [1.165, 1.54) is 21.5 Å². The second-order valence-corrected chi connectivity index (χ2v) is 35.5. The minimum Gasteiger partial charge on any atom is -0.280 e. The van der Waals surface area contributed by atoms with Crippen LogP contribution in [0.4, 0.5) is 17.3 Å². The molecule has 0 fully saturated rings. The van der Waals surface area contributed by atoms with Crippen LogP contribution in [0.2, 0.25) is 0 Å². The third-order valence-corrected chi connectivity index (χ3v) is 26.7. The van der Waals surface area contributed by atoms with E-state index in [0.717, 1.165) is 167 Å². The van der Waals surface area contributed by atoms with E-state index < -0.39 is 0 Å². The molecule has 0 unspecified atom stereocenters. The normalized spacial score (nSPS) is 11.4. The summed E-state index contributed by atoms with van der Waals surface area (Å²) < 4.78 is 14.6. The third kappa shape index (κ3) is 16.2. The number of anilines is 3. The fraction of sp³-hybridized carbons (Fsp3) is 0. The lowest BCUT2D eigenvalue weighted by atomic mass is 10.00. The first-order valence-electron chi connectivity index (χ1n) is 48.8. The molecule has 0 aliphatic heterocycles. The molecule has 21 nitrogen and oxygen atoms in total. The Bertz CT molecular complexity index is 9570. The maximum Gasteiger partial charge on any atom is 0.241 e. The number of nitrogens with zero attached hydrogens (tertiary/aromatic N) is 21. The number of aromatic nitrogens is 20. The summed E-state index contributed by atoms with van der Waals surface area (Å²) in [5.41, 5.74) is 20.7. The van der Waals surface area contributed by atoms with Crippen molar-refractivity contribution in [1.82, 2.24) is 96.8 Å². The topological polar surface area (TPSA) is 205 Å². The van der Waals surface area contributed by atoms with Crippen molar-refractivity contribution in [2.75, 3.05) is 4.90 Å². The number of fused-ring (bicyclic) bond motifs is 16. The van der Waals surface area contributed by atoms with Crippen molar-refractivity contribution in [3.63, 3.8) is 0 Å². The van der Waals surface area contributed by atoms with Crippen LogP contribution < -0.4 is 4.90 Å². The number of hydrogen-bond donors (Lipinski definition) is 0. The van der Waals surface area contributed by atoms with Crippen LogP contribution in [0.3, 0.4) is 0 Å². The van der Waals surface area contributed by atoms with Gasteiger partial charge < -0.3 is 0 Å². The Balaban J connectivity index is 0.000000102. The highest BCUT2D eigenvalue weighted by molar-refractivity contribution is 6.24. The lowest BCUT2D eigenvalue weighted by Crippen LogP contribution is -2.16. The maximum absolute atomic E-state index is 5.54. The lowest BCUT2D eigenvalue weighted by molar-refractivity contribution is 0.873. The minimum absolute atomic E-state index is 0.502. The minimum atomic E-state index is 0.502. The van der Waals surface area contributed by atoms with E-state index in [9.17, 15) is 0 Å². The average molecular weight is 1910 g/mol. The van der Waals surface area contributed by atoms with Gasteiger partial charge >= 0.3 is 0 Å². The highest BCUT2D eigenvalue weighted by atomic mass is 15.4. The van der Waals surface area contributed by atoms with Crippen LogP contribution in [0, 0.1) is 0 Å². The zero-order valence-electron chi connectivity index (χ0n) is 79.5. The largest absolute Gasteiger partial charge is 0.280 e. The van der Waals surface area contributed by atoms with E-state index in [2.05, 4.69) is 300 Å². The molecule has 0 amide bonds. The van der Waals surface area contributed by atoms with Crippen LogP contribution in [0.5, 0.6) is 0 Å². The second kappa shape index (κ2) is 38.4. The monoisotopic (exact) mass is 1900 g/mol. The van der Waals surface area contributed by atoms with E-state index in [-0.39, 0.29) is 0 Å². The lowest BCUT2D eigenvalue weighted by Gasteiger charge is -2.24. The summed E-state index contributed by atoms with van der Waals surface area (Å²) >= 11 is 0. The van der Waals surface area contributed by atoms with Crippen molar-refractivity contribution in [3.05, 3.63) is 517 Å². The predicted octanol–water partition coefficient (Wildman–Crippen LogP) is 29.4. The number of benzene rings is 18. The summed E-state index contributed by atoms with van der Waals surface area (Å²) in [6, 6.07) is 161. The molecule has 0 atom stereocenters. The van der Waals surface area contributed by atoms with Crippen LogP contribution in [0.15, 0.2) is 517 Å². The molecule has 11 aromatic heterocycles. The standard InChI is InChI=1S/C42H26N6.C31H21N5.C31H23N5.C23H15N5/c1-3-15-27(16-4-1)39-44-40(28-17-5-2-6-18-28)46-41(45-39)48-38-34-24-10-8-20-30(34)29-19-7-9-23-33(29)37(38)43-42(48)47-35-25-13-11-21-31(35)32-22-12-14-26-36(32)47;1-3-11-22(12-4-1)26-21-27(23-13-5-2-6-14-23)34-30(33-26)35-20-19-32-31(35)36-28-17-9-7-15-24(28)25-16-8-10-18-29(25)36;1-5-13-24(14-6-1)28-23-29(25-15-7-2-8-16-25)34-30(33-28)35-22-21-32-31(35)36(26-17-9-3-10-18-26)27-19-11-4-12-20-27;1-4-10-19-16(7-1)15-25-22(26-19)27-14-13-24-23(27)28-20-11-5-2-8-17(20)18-9-3-6-12-21(18)28/h1-26H;1-21H;1-23H;1-15H. The van der Waals surface area contributed by atoms with E-state index in [1.54, 1.807) is 18.6 Å². The van der Waals surface area contributed by atoms with Gasteiger partial charge in [0.1, 0.15) is 0 Å². The Kier molecular flexibility index (Phi) is 22.7. The molecule has 18 aromatic carbocycles. The van der Waals surface area contributed by atoms with Crippen molar-refractivity contribution in [3.8, 4) is 109 Å². The number of rotatable bonds is 16. The molecule has 11 heterocycles. The molecule has 0 saturated carbocycles. The zero-order chi connectivity index (χ0) is 98.2. The molecule has 0 bridgehead atoms. The van der Waals surface area contributed by atoms with Crippen molar-refractivity contribution < 1.29 is 0 Å². The van der Waals surface area contributed by atoms with Gasteiger partial charge in [-0.2, -0.15) is 9.97 Å². The molecule has 29 rings (SSSR count). The van der Waals surface area contributed by atoms with E-state index in [0.29, 0.717) is 47.3 Å². The molecule has 0 spiro atoms. The Labute approximate surface area is 848 Å². The molecule has 0 N–H and O–H groups in total. The average Bonchev–Trinajstić information content (AvgIpc) is 1.55. The van der Waals surface area contributed by atoms with Gasteiger partial charge in [-0.3, -0.25) is 32.3 Å². The first-order chi connectivity index (χ1) is 73.5. The molecular formula is C127H85N21. The fourth-order valence-electron chi connectivity index (χ4n) is 19.9. The maximum atomic E-state index is 5.54. The summed E-state index contributed by atoms with van der Waals surface area (Å²) in [6.45, 7) is 0. The number of hydrogen-bond acceptors (Lipinski definition) is 14. The quantitative estimate of drug-likeness (QED) is 0.0826. The fourth-order valence-corrected chi connectivity index (χ4v) is 19.9. The Morgan fingerprint density at radius 3 is 0.905 bits per heavy atom. The van der Waals surface area contributed by atoms with Crippen LogP contribution in [-0.2, 0) is 0 Å². The highest BCUT2D eigenvalue weighted by Crippen LogP contribution is 2.44. The van der Waals surface area contributed by atoms with Gasteiger partial charge in [-0.15, -0.1) is 0 Å². The SMILES string of the molecule is c1ccc(-c2cc(-c3ccccc3)nc(-n3ccnc3-n3c4ccccc4c4ccccc43)n2)cc1.c1ccc(-c2cc(-c3ccccc3)nc(-n3ccnc3N(c3ccccc3)c3ccccc3)n2)cc1.c1ccc(-c2nc(-c3ccccc3)nc(-n3c(-n4c5ccccc5c5ccccc54)nc4c5ccccc5c5ccccc5c43)n2)cc1.c1ccc2nc(-n3ccnc3-n3c4ccccc4c4ccccc43)ncc2c1. The third-order valence-electron chi connectivity index (χ3n) is 26.7. The molecule has 698 valence electrons.